The number of nitrogens with zero attached hydrogens (tertiary/aromatic N) is 4. The summed E-state index contributed by atoms with van der Waals surface area (Å²) in [5.41, 5.74) is 3.01. The Hall–Kier alpha value is -4.82. The van der Waals surface area contributed by atoms with Crippen LogP contribution in [0.4, 0.5) is 20.2 Å². The van der Waals surface area contributed by atoms with Gasteiger partial charge in [-0.3, -0.25) is 24.6 Å². The Balaban J connectivity index is 1.05. The minimum atomic E-state index is -0.725. The van der Waals surface area contributed by atoms with Gasteiger partial charge in [0.05, 0.1) is 18.8 Å². The van der Waals surface area contributed by atoms with Crippen molar-refractivity contribution in [3.05, 3.63) is 99.9 Å². The Kier molecular flexibility index (Phi) is 7.78. The Morgan fingerprint density at radius 3 is 2.51 bits per heavy atom. The lowest BCUT2D eigenvalue weighted by Gasteiger charge is -2.36. The van der Waals surface area contributed by atoms with E-state index < -0.39 is 23.6 Å². The SMILES string of the molecule is [C-]#[N+]c1ccc(N2CCN(Cc3ccc(COc4cccc5c4CN([C@@H]4CCC(=O)NC4=O)C5=O)c(F)c3)CC2)c(F)c1. The van der Waals surface area contributed by atoms with Gasteiger partial charge in [0.15, 0.2) is 5.69 Å². The van der Waals surface area contributed by atoms with Crippen LogP contribution in [-0.2, 0) is 29.3 Å². The van der Waals surface area contributed by atoms with Crippen molar-refractivity contribution in [1.29, 1.82) is 0 Å². The molecule has 11 heteroatoms. The number of piperidine rings is 1. The zero-order chi connectivity index (χ0) is 30.1. The van der Waals surface area contributed by atoms with Gasteiger partial charge in [-0.15, -0.1) is 0 Å². The monoisotopic (exact) mass is 585 g/mol. The molecule has 43 heavy (non-hydrogen) atoms. The fourth-order valence-electron chi connectivity index (χ4n) is 5.88. The van der Waals surface area contributed by atoms with Crippen molar-refractivity contribution in [1.82, 2.24) is 15.1 Å². The quantitative estimate of drug-likeness (QED) is 0.331. The summed E-state index contributed by atoms with van der Waals surface area (Å²) in [4.78, 5) is 45.8. The van der Waals surface area contributed by atoms with Gasteiger partial charge in [-0.2, -0.15) is 0 Å². The molecule has 3 heterocycles. The number of imide groups is 1. The van der Waals surface area contributed by atoms with Crippen LogP contribution in [0.1, 0.15) is 39.9 Å². The molecule has 3 aliphatic rings. The summed E-state index contributed by atoms with van der Waals surface area (Å²) < 4.78 is 35.5. The minimum absolute atomic E-state index is 0.0360. The van der Waals surface area contributed by atoms with Crippen molar-refractivity contribution in [2.75, 3.05) is 31.1 Å². The highest BCUT2D eigenvalue weighted by molar-refractivity contribution is 6.05. The summed E-state index contributed by atoms with van der Waals surface area (Å²) in [6.07, 6.45) is 0.440. The molecule has 3 aromatic rings. The van der Waals surface area contributed by atoms with Crippen LogP contribution in [0.5, 0.6) is 5.75 Å². The summed E-state index contributed by atoms with van der Waals surface area (Å²) in [7, 11) is 0. The van der Waals surface area contributed by atoms with Gasteiger partial charge in [0.2, 0.25) is 11.8 Å². The molecule has 0 bridgehead atoms. The normalized spacial score (nSPS) is 18.8. The van der Waals surface area contributed by atoms with Crippen molar-refractivity contribution < 1.29 is 27.9 Å². The minimum Gasteiger partial charge on any atom is -0.488 e. The van der Waals surface area contributed by atoms with Crippen LogP contribution in [0.3, 0.4) is 0 Å². The van der Waals surface area contributed by atoms with Crippen molar-refractivity contribution >= 4 is 29.1 Å². The molecule has 220 valence electrons. The maximum atomic E-state index is 15.1. The van der Waals surface area contributed by atoms with Crippen molar-refractivity contribution in [3.8, 4) is 5.75 Å². The van der Waals surface area contributed by atoms with Crippen LogP contribution in [0.2, 0.25) is 0 Å². The molecule has 1 N–H and O–H groups in total. The summed E-state index contributed by atoms with van der Waals surface area (Å²) in [5.74, 6) is -1.48. The third-order valence-electron chi connectivity index (χ3n) is 8.22. The van der Waals surface area contributed by atoms with Crippen LogP contribution >= 0.6 is 0 Å². The zero-order valence-electron chi connectivity index (χ0n) is 23.3. The second-order valence-electron chi connectivity index (χ2n) is 10.9. The van der Waals surface area contributed by atoms with E-state index in [1.54, 1.807) is 36.4 Å². The average molecular weight is 586 g/mol. The Labute approximate surface area is 247 Å². The Morgan fingerprint density at radius 2 is 1.79 bits per heavy atom. The number of benzene rings is 3. The molecule has 0 aliphatic carbocycles. The lowest BCUT2D eigenvalue weighted by Crippen LogP contribution is -2.52. The molecule has 0 unspecified atom stereocenters. The number of hydrogen-bond acceptors (Lipinski definition) is 6. The molecule has 0 spiro atoms. The Bertz CT molecular complexity index is 1650. The van der Waals surface area contributed by atoms with E-state index in [-0.39, 0.29) is 43.5 Å². The Morgan fingerprint density at radius 1 is 0.977 bits per heavy atom. The highest BCUT2D eigenvalue weighted by Crippen LogP contribution is 2.34. The molecule has 2 saturated heterocycles. The topological polar surface area (TPSA) is 86.6 Å². The standard InChI is InChI=1S/C32H29F2N5O4/c1-35-22-7-8-27(26(34)16-22)38-13-11-37(12-14-38)17-20-5-6-21(25(33)15-20)19-43-29-4-2-3-23-24(29)18-39(32(23)42)28-9-10-30(40)36-31(28)41/h2-8,15-16,28H,9-14,17-19H2,(H,36,40,41)/t28-/m1/s1. The van der Waals surface area contributed by atoms with E-state index in [9.17, 15) is 18.8 Å². The fourth-order valence-corrected chi connectivity index (χ4v) is 5.88. The van der Waals surface area contributed by atoms with Gasteiger partial charge in [0, 0.05) is 55.8 Å². The van der Waals surface area contributed by atoms with Crippen LogP contribution in [0.15, 0.2) is 54.6 Å². The van der Waals surface area contributed by atoms with E-state index in [4.69, 9.17) is 11.3 Å². The molecular weight excluding hydrogens is 556 g/mol. The number of halogens is 2. The van der Waals surface area contributed by atoms with Gasteiger partial charge in [0.25, 0.3) is 5.91 Å². The van der Waals surface area contributed by atoms with Gasteiger partial charge in [-0.05, 0) is 42.3 Å². The summed E-state index contributed by atoms with van der Waals surface area (Å²) in [5, 5.41) is 2.29. The maximum Gasteiger partial charge on any atom is 0.255 e. The predicted molar refractivity (Wildman–Crippen MR) is 153 cm³/mol. The number of nitrogens with one attached hydrogen (secondary N) is 1. The highest BCUT2D eigenvalue weighted by Gasteiger charge is 2.40. The number of anilines is 1. The second kappa shape index (κ2) is 11.8. The van der Waals surface area contributed by atoms with Gasteiger partial charge in [-0.25, -0.2) is 13.6 Å². The molecule has 3 aromatic carbocycles. The van der Waals surface area contributed by atoms with Gasteiger partial charge in [-0.1, -0.05) is 24.3 Å². The first-order chi connectivity index (χ1) is 20.8. The second-order valence-corrected chi connectivity index (χ2v) is 10.9. The molecule has 0 saturated carbocycles. The smallest absolute Gasteiger partial charge is 0.255 e. The lowest BCUT2D eigenvalue weighted by atomic mass is 10.0. The van der Waals surface area contributed by atoms with Crippen LogP contribution in [0.25, 0.3) is 4.85 Å². The first-order valence-electron chi connectivity index (χ1n) is 14.1. The van der Waals surface area contributed by atoms with E-state index in [0.717, 1.165) is 5.56 Å². The summed E-state index contributed by atoms with van der Waals surface area (Å²) in [6, 6.07) is 13.9. The van der Waals surface area contributed by atoms with E-state index in [1.165, 1.54) is 17.0 Å². The first kappa shape index (κ1) is 28.3. The molecule has 0 radical (unpaired) electrons. The van der Waals surface area contributed by atoms with E-state index in [0.29, 0.717) is 60.9 Å². The van der Waals surface area contributed by atoms with E-state index in [1.807, 2.05) is 11.0 Å². The third kappa shape index (κ3) is 5.79. The molecule has 9 nitrogen and oxygen atoms in total. The molecule has 2 fully saturated rings. The van der Waals surface area contributed by atoms with Crippen molar-refractivity contribution in [2.24, 2.45) is 0 Å². The van der Waals surface area contributed by atoms with Gasteiger partial charge in [0.1, 0.15) is 30.0 Å². The van der Waals surface area contributed by atoms with Crippen molar-refractivity contribution in [2.45, 2.75) is 38.6 Å². The molecule has 3 amide bonds. The van der Waals surface area contributed by atoms with Crippen LogP contribution in [-0.4, -0.2) is 59.7 Å². The molecule has 0 aromatic heterocycles. The molecule has 3 aliphatic heterocycles. The van der Waals surface area contributed by atoms with Gasteiger partial charge >= 0.3 is 0 Å². The number of ether oxygens (including phenoxy) is 1. The number of hydrogen-bond donors (Lipinski definition) is 1. The number of amides is 3. The van der Waals surface area contributed by atoms with E-state index in [2.05, 4.69) is 15.1 Å². The van der Waals surface area contributed by atoms with Crippen LogP contribution in [0, 0.1) is 18.2 Å². The number of piperazine rings is 1. The molecular formula is C32H29F2N5O4. The first-order valence-corrected chi connectivity index (χ1v) is 14.1. The van der Waals surface area contributed by atoms with Crippen molar-refractivity contribution in [3.63, 3.8) is 0 Å². The number of carbonyl (C=O) groups excluding carboxylic acids is 3. The third-order valence-corrected chi connectivity index (χ3v) is 8.22. The summed E-state index contributed by atoms with van der Waals surface area (Å²) in [6.45, 7) is 10.3. The molecule has 6 rings (SSSR count). The molecule has 1 atom stereocenters. The maximum absolute atomic E-state index is 15.1. The zero-order valence-corrected chi connectivity index (χ0v) is 23.3. The van der Waals surface area contributed by atoms with Gasteiger partial charge < -0.3 is 14.5 Å². The fraction of sp³-hybridized carbons (Fsp3) is 0.312. The van der Waals surface area contributed by atoms with Crippen LogP contribution < -0.4 is 15.0 Å². The average Bonchev–Trinajstić information content (AvgIpc) is 3.33. The largest absolute Gasteiger partial charge is 0.488 e. The lowest BCUT2D eigenvalue weighted by molar-refractivity contribution is -0.136. The highest BCUT2D eigenvalue weighted by atomic mass is 19.1. The number of carbonyl (C=O) groups is 3. The summed E-state index contributed by atoms with van der Waals surface area (Å²) >= 11 is 0. The predicted octanol–water partition coefficient (Wildman–Crippen LogP) is 4.18. The van der Waals surface area contributed by atoms with E-state index >= 15 is 4.39 Å². The number of rotatable bonds is 7. The number of fused-ring (bicyclic) bond motifs is 1.